The van der Waals surface area contributed by atoms with Crippen LogP contribution in [0.4, 0.5) is 10.2 Å². The van der Waals surface area contributed by atoms with Crippen LogP contribution < -0.4 is 4.90 Å². The van der Waals surface area contributed by atoms with E-state index in [9.17, 15) is 9.50 Å². The molecule has 1 fully saturated rings. The maximum absolute atomic E-state index is 12.9. The van der Waals surface area contributed by atoms with Crippen molar-refractivity contribution in [3.05, 3.63) is 21.7 Å². The topological polar surface area (TPSA) is 36.4 Å². The summed E-state index contributed by atoms with van der Waals surface area (Å²) in [6.07, 6.45) is 3.26. The van der Waals surface area contributed by atoms with Crippen LogP contribution in [0.5, 0.6) is 0 Å². The minimum Gasteiger partial charge on any atom is -0.394 e. The summed E-state index contributed by atoms with van der Waals surface area (Å²) in [6, 6.07) is 1.60. The molecule has 0 aliphatic carbocycles. The summed E-state index contributed by atoms with van der Waals surface area (Å²) in [6.45, 7) is 1.02. The molecule has 0 spiro atoms. The van der Waals surface area contributed by atoms with E-state index in [-0.39, 0.29) is 18.5 Å². The van der Waals surface area contributed by atoms with Gasteiger partial charge >= 0.3 is 0 Å². The highest BCUT2D eigenvalue weighted by Crippen LogP contribution is 2.27. The van der Waals surface area contributed by atoms with Crippen molar-refractivity contribution in [1.29, 1.82) is 0 Å². The van der Waals surface area contributed by atoms with Gasteiger partial charge in [0.1, 0.15) is 11.6 Å². The van der Waals surface area contributed by atoms with Crippen LogP contribution in [-0.2, 0) is 0 Å². The zero-order chi connectivity index (χ0) is 10.8. The van der Waals surface area contributed by atoms with Gasteiger partial charge in [-0.2, -0.15) is 0 Å². The molecular weight excluding hydrogens is 310 g/mol. The summed E-state index contributed by atoms with van der Waals surface area (Å²) in [4.78, 5) is 6.15. The average molecular weight is 322 g/mol. The third kappa shape index (κ3) is 2.23. The van der Waals surface area contributed by atoms with Crippen molar-refractivity contribution in [2.75, 3.05) is 18.1 Å². The minimum absolute atomic E-state index is 0.134. The molecule has 1 aromatic heterocycles. The molecule has 1 atom stereocenters. The van der Waals surface area contributed by atoms with Gasteiger partial charge in [0.25, 0.3) is 0 Å². The zero-order valence-electron chi connectivity index (χ0n) is 8.16. The molecular formula is C10H12FIN2O. The van der Waals surface area contributed by atoms with Crippen molar-refractivity contribution >= 4 is 28.4 Å². The number of anilines is 1. The number of pyridine rings is 1. The van der Waals surface area contributed by atoms with E-state index in [4.69, 9.17) is 0 Å². The molecule has 1 saturated heterocycles. The van der Waals surface area contributed by atoms with Gasteiger partial charge in [0, 0.05) is 6.54 Å². The van der Waals surface area contributed by atoms with Gasteiger partial charge in [-0.1, -0.05) is 0 Å². The lowest BCUT2D eigenvalue weighted by Crippen LogP contribution is -2.33. The van der Waals surface area contributed by atoms with Crippen LogP contribution in [0.3, 0.4) is 0 Å². The fourth-order valence-corrected chi connectivity index (χ4v) is 2.67. The highest BCUT2D eigenvalue weighted by atomic mass is 127. The highest BCUT2D eigenvalue weighted by Gasteiger charge is 2.26. The number of aliphatic hydroxyl groups excluding tert-OH is 1. The van der Waals surface area contributed by atoms with Gasteiger partial charge in [-0.25, -0.2) is 9.37 Å². The van der Waals surface area contributed by atoms with Crippen LogP contribution in [0.25, 0.3) is 0 Å². The smallest absolute Gasteiger partial charge is 0.142 e. The number of aromatic nitrogens is 1. The van der Waals surface area contributed by atoms with Crippen molar-refractivity contribution in [3.63, 3.8) is 0 Å². The van der Waals surface area contributed by atoms with Crippen LogP contribution in [0.2, 0.25) is 0 Å². The predicted molar refractivity (Wildman–Crippen MR) is 64.4 cm³/mol. The van der Waals surface area contributed by atoms with E-state index in [2.05, 4.69) is 32.5 Å². The molecule has 1 aromatic rings. The lowest BCUT2D eigenvalue weighted by molar-refractivity contribution is 0.266. The van der Waals surface area contributed by atoms with E-state index in [1.807, 2.05) is 0 Å². The molecule has 0 amide bonds. The summed E-state index contributed by atoms with van der Waals surface area (Å²) in [5.74, 6) is 0.469. The molecule has 5 heteroatoms. The van der Waals surface area contributed by atoms with Crippen LogP contribution in [-0.4, -0.2) is 29.3 Å². The van der Waals surface area contributed by atoms with Crippen LogP contribution in [0, 0.1) is 9.39 Å². The molecule has 2 heterocycles. The Morgan fingerprint density at radius 1 is 1.67 bits per heavy atom. The van der Waals surface area contributed by atoms with Crippen molar-refractivity contribution < 1.29 is 9.50 Å². The molecule has 1 aliphatic heterocycles. The Morgan fingerprint density at radius 2 is 2.47 bits per heavy atom. The lowest BCUT2D eigenvalue weighted by atomic mass is 10.2. The summed E-state index contributed by atoms with van der Waals surface area (Å²) >= 11 is 2.08. The SMILES string of the molecule is OCC1CCCN1c1ncc(F)cc1I. The largest absolute Gasteiger partial charge is 0.394 e. The first kappa shape index (κ1) is 11.1. The Hall–Kier alpha value is -0.430. The molecule has 1 unspecified atom stereocenters. The number of halogens is 2. The number of nitrogens with zero attached hydrogens (tertiary/aromatic N) is 2. The molecule has 15 heavy (non-hydrogen) atoms. The van der Waals surface area contributed by atoms with Crippen molar-refractivity contribution in [2.45, 2.75) is 18.9 Å². The van der Waals surface area contributed by atoms with E-state index < -0.39 is 0 Å². The predicted octanol–water partition coefficient (Wildman–Crippen LogP) is 1.79. The molecule has 0 bridgehead atoms. The number of aliphatic hydroxyl groups is 1. The van der Waals surface area contributed by atoms with Gasteiger partial charge < -0.3 is 10.0 Å². The first-order chi connectivity index (χ1) is 7.22. The Bertz CT molecular complexity index is 361. The fraction of sp³-hybridized carbons (Fsp3) is 0.500. The summed E-state index contributed by atoms with van der Waals surface area (Å²) in [7, 11) is 0. The molecule has 1 aliphatic rings. The summed E-state index contributed by atoms with van der Waals surface area (Å²) < 4.78 is 13.7. The van der Waals surface area contributed by atoms with Crippen LogP contribution in [0.15, 0.2) is 12.3 Å². The van der Waals surface area contributed by atoms with Gasteiger partial charge in [-0.3, -0.25) is 0 Å². The highest BCUT2D eigenvalue weighted by molar-refractivity contribution is 14.1. The van der Waals surface area contributed by atoms with Crippen molar-refractivity contribution in [3.8, 4) is 0 Å². The van der Waals surface area contributed by atoms with Crippen LogP contribution in [0.1, 0.15) is 12.8 Å². The standard InChI is InChI=1S/C10H12FIN2O/c11-7-4-9(12)10(13-5-7)14-3-1-2-8(14)6-15/h4-5,8,15H,1-3,6H2. The Balaban J connectivity index is 2.28. The van der Waals surface area contributed by atoms with E-state index in [1.165, 1.54) is 12.3 Å². The molecule has 3 nitrogen and oxygen atoms in total. The monoisotopic (exact) mass is 322 g/mol. The number of hydrogen-bond donors (Lipinski definition) is 1. The normalized spacial score (nSPS) is 21.0. The molecule has 1 N–H and O–H groups in total. The van der Waals surface area contributed by atoms with Gasteiger partial charge in [-0.05, 0) is 41.5 Å². The fourth-order valence-electron chi connectivity index (χ4n) is 1.92. The average Bonchev–Trinajstić information content (AvgIpc) is 2.65. The van der Waals surface area contributed by atoms with Gasteiger partial charge in [0.15, 0.2) is 0 Å². The second-order valence-electron chi connectivity index (χ2n) is 3.63. The summed E-state index contributed by atoms with van der Waals surface area (Å²) in [5, 5.41) is 9.20. The van der Waals surface area contributed by atoms with Gasteiger partial charge in [-0.15, -0.1) is 0 Å². The van der Waals surface area contributed by atoms with Crippen molar-refractivity contribution in [2.24, 2.45) is 0 Å². The van der Waals surface area contributed by atoms with E-state index in [0.717, 1.165) is 28.8 Å². The second kappa shape index (κ2) is 4.61. The first-order valence-corrected chi connectivity index (χ1v) is 5.99. The first-order valence-electron chi connectivity index (χ1n) is 4.91. The number of rotatable bonds is 2. The molecule has 82 valence electrons. The van der Waals surface area contributed by atoms with E-state index in [1.54, 1.807) is 0 Å². The quantitative estimate of drug-likeness (QED) is 0.844. The molecule has 2 rings (SSSR count). The lowest BCUT2D eigenvalue weighted by Gasteiger charge is -2.24. The maximum atomic E-state index is 12.9. The van der Waals surface area contributed by atoms with Gasteiger partial charge in [0.2, 0.25) is 0 Å². The minimum atomic E-state index is -0.317. The third-order valence-electron chi connectivity index (χ3n) is 2.65. The molecule has 0 saturated carbocycles. The maximum Gasteiger partial charge on any atom is 0.142 e. The second-order valence-corrected chi connectivity index (χ2v) is 4.79. The van der Waals surface area contributed by atoms with E-state index >= 15 is 0 Å². The number of hydrogen-bond acceptors (Lipinski definition) is 3. The Labute approximate surface area is 101 Å². The van der Waals surface area contributed by atoms with Gasteiger partial charge in [0.05, 0.1) is 22.4 Å². The Morgan fingerprint density at radius 3 is 3.13 bits per heavy atom. The third-order valence-corrected chi connectivity index (χ3v) is 3.44. The molecule has 0 radical (unpaired) electrons. The van der Waals surface area contributed by atoms with Crippen molar-refractivity contribution in [1.82, 2.24) is 4.98 Å². The van der Waals surface area contributed by atoms with E-state index in [0.29, 0.717) is 0 Å². The molecule has 0 aromatic carbocycles. The Kier molecular flexibility index (Phi) is 3.40. The van der Waals surface area contributed by atoms with Crippen LogP contribution >= 0.6 is 22.6 Å². The zero-order valence-corrected chi connectivity index (χ0v) is 10.3. The summed E-state index contributed by atoms with van der Waals surface area (Å²) in [5.41, 5.74) is 0.